The average Bonchev–Trinajstić information content (AvgIpc) is 3.11. The molecule has 132 valence electrons. The summed E-state index contributed by atoms with van der Waals surface area (Å²) in [4.78, 5) is 12.2. The van der Waals surface area contributed by atoms with Gasteiger partial charge in [0, 0.05) is 11.6 Å². The fourth-order valence-electron chi connectivity index (χ4n) is 2.08. The highest BCUT2D eigenvalue weighted by Gasteiger charge is 2.14. The lowest BCUT2D eigenvalue weighted by Crippen LogP contribution is -2.22. The summed E-state index contributed by atoms with van der Waals surface area (Å²) in [6, 6.07) is 13.1. The molecule has 0 saturated carbocycles. The molecule has 0 aliphatic heterocycles. The summed E-state index contributed by atoms with van der Waals surface area (Å²) >= 11 is 13.3. The van der Waals surface area contributed by atoms with Gasteiger partial charge in [-0.1, -0.05) is 58.8 Å². The average molecular weight is 408 g/mol. The second-order valence-electron chi connectivity index (χ2n) is 5.27. The maximum absolute atomic E-state index is 12.9. The number of nitrogens with zero attached hydrogens (tertiary/aromatic N) is 2. The Morgan fingerprint density at radius 3 is 2.62 bits per heavy atom. The van der Waals surface area contributed by atoms with Gasteiger partial charge in [0.1, 0.15) is 5.82 Å². The minimum Gasteiger partial charge on any atom is -0.346 e. The van der Waals surface area contributed by atoms with E-state index in [0.29, 0.717) is 15.1 Å². The van der Waals surface area contributed by atoms with E-state index in [0.717, 1.165) is 22.5 Å². The lowest BCUT2D eigenvalue weighted by molar-refractivity contribution is 0.0950. The van der Waals surface area contributed by atoms with Crippen molar-refractivity contribution in [2.24, 2.45) is 0 Å². The van der Waals surface area contributed by atoms with E-state index in [4.69, 9.17) is 23.2 Å². The number of hydrogen-bond donors (Lipinski definition) is 1. The van der Waals surface area contributed by atoms with Gasteiger partial charge in [-0.05, 0) is 41.5 Å². The molecule has 0 bridgehead atoms. The van der Waals surface area contributed by atoms with Crippen molar-refractivity contribution in [3.05, 3.63) is 80.5 Å². The Morgan fingerprint density at radius 1 is 1.15 bits per heavy atom. The van der Waals surface area contributed by atoms with Crippen molar-refractivity contribution in [2.75, 3.05) is 0 Å². The predicted molar refractivity (Wildman–Crippen MR) is 103 cm³/mol. The molecule has 0 aliphatic carbocycles. The van der Waals surface area contributed by atoms with Gasteiger partial charge in [-0.25, -0.2) is 4.39 Å². The molecule has 1 amide bonds. The van der Waals surface area contributed by atoms with Crippen molar-refractivity contribution >= 4 is 51.6 Å². The molecule has 3 rings (SSSR count). The minimum atomic E-state index is -0.370. The zero-order chi connectivity index (χ0) is 18.5. The van der Waals surface area contributed by atoms with Gasteiger partial charge >= 0.3 is 0 Å². The minimum absolute atomic E-state index is 0.194. The first-order chi connectivity index (χ1) is 12.5. The van der Waals surface area contributed by atoms with Gasteiger partial charge in [0.2, 0.25) is 5.01 Å². The van der Waals surface area contributed by atoms with Crippen molar-refractivity contribution in [1.29, 1.82) is 0 Å². The van der Waals surface area contributed by atoms with Gasteiger partial charge in [0.25, 0.3) is 5.91 Å². The zero-order valence-electron chi connectivity index (χ0n) is 13.2. The highest BCUT2D eigenvalue weighted by atomic mass is 35.5. The Morgan fingerprint density at radius 2 is 1.88 bits per heavy atom. The van der Waals surface area contributed by atoms with Gasteiger partial charge in [-0.15, -0.1) is 10.2 Å². The number of rotatable bonds is 5. The maximum Gasteiger partial charge on any atom is 0.282 e. The monoisotopic (exact) mass is 407 g/mol. The largest absolute Gasteiger partial charge is 0.346 e. The van der Waals surface area contributed by atoms with Crippen LogP contribution in [0.1, 0.15) is 25.9 Å². The van der Waals surface area contributed by atoms with Gasteiger partial charge < -0.3 is 5.32 Å². The number of carbonyl (C=O) groups excluding carboxylic acids is 1. The molecule has 0 spiro atoms. The van der Waals surface area contributed by atoms with Crippen molar-refractivity contribution < 1.29 is 9.18 Å². The number of aromatic nitrogens is 2. The molecule has 1 aromatic heterocycles. The predicted octanol–water partition coefficient (Wildman–Crippen LogP) is 5.00. The number of hydrogen-bond acceptors (Lipinski definition) is 4. The highest BCUT2D eigenvalue weighted by molar-refractivity contribution is 7.15. The SMILES string of the molecule is O=C(NCc1ccc(F)cc1)c1nnc(C(Cl)=Cc2cccc(Cl)c2)s1. The van der Waals surface area contributed by atoms with Crippen LogP contribution in [0, 0.1) is 5.82 Å². The second kappa shape index (κ2) is 8.40. The molecule has 8 heteroatoms. The molecule has 0 saturated heterocycles. The van der Waals surface area contributed by atoms with Gasteiger partial charge in [-0.3, -0.25) is 4.79 Å². The number of halogens is 3. The smallest absolute Gasteiger partial charge is 0.282 e. The van der Waals surface area contributed by atoms with Gasteiger partial charge in [0.05, 0.1) is 5.03 Å². The van der Waals surface area contributed by atoms with E-state index in [1.54, 1.807) is 30.3 Å². The summed E-state index contributed by atoms with van der Waals surface area (Å²) in [5.74, 6) is -0.694. The molecule has 0 unspecified atom stereocenters. The van der Waals surface area contributed by atoms with Crippen molar-refractivity contribution in [3.63, 3.8) is 0 Å². The first-order valence-electron chi connectivity index (χ1n) is 7.50. The van der Waals surface area contributed by atoms with Crippen LogP contribution in [0.2, 0.25) is 5.02 Å². The Balaban J connectivity index is 1.66. The highest BCUT2D eigenvalue weighted by Crippen LogP contribution is 2.26. The van der Waals surface area contributed by atoms with E-state index in [1.807, 2.05) is 12.1 Å². The Labute approximate surface area is 163 Å². The Kier molecular flexibility index (Phi) is 5.98. The van der Waals surface area contributed by atoms with Crippen LogP contribution in [0.15, 0.2) is 48.5 Å². The summed E-state index contributed by atoms with van der Waals surface area (Å²) in [6.07, 6.45) is 1.70. The van der Waals surface area contributed by atoms with Crippen molar-refractivity contribution in [1.82, 2.24) is 15.5 Å². The van der Waals surface area contributed by atoms with Crippen LogP contribution in [0.4, 0.5) is 4.39 Å². The van der Waals surface area contributed by atoms with E-state index in [2.05, 4.69) is 15.5 Å². The molecule has 1 N–H and O–H groups in total. The molecular formula is C18H12Cl2FN3OS. The molecule has 1 heterocycles. The third kappa shape index (κ3) is 4.88. The summed E-state index contributed by atoms with van der Waals surface area (Å²) < 4.78 is 12.9. The standard InChI is InChI=1S/C18H12Cl2FN3OS/c19-13-3-1-2-12(8-13)9-15(20)17-23-24-18(26-17)16(25)22-10-11-4-6-14(21)7-5-11/h1-9H,10H2,(H,22,25). The van der Waals surface area contributed by atoms with Gasteiger partial charge in [-0.2, -0.15) is 0 Å². The normalized spacial score (nSPS) is 11.4. The van der Waals surface area contributed by atoms with E-state index < -0.39 is 0 Å². The first kappa shape index (κ1) is 18.5. The molecule has 2 aromatic carbocycles. The third-order valence-corrected chi connectivity index (χ3v) is 4.92. The van der Waals surface area contributed by atoms with E-state index in [-0.39, 0.29) is 23.3 Å². The van der Waals surface area contributed by atoms with Crippen LogP contribution in [-0.2, 0) is 6.54 Å². The Hall–Kier alpha value is -2.28. The van der Waals surface area contributed by atoms with E-state index in [9.17, 15) is 9.18 Å². The number of amides is 1. The zero-order valence-corrected chi connectivity index (χ0v) is 15.6. The fourth-order valence-corrected chi connectivity index (χ4v) is 3.22. The molecule has 0 fully saturated rings. The molecule has 0 radical (unpaired) electrons. The van der Waals surface area contributed by atoms with Crippen molar-refractivity contribution in [2.45, 2.75) is 6.54 Å². The lowest BCUT2D eigenvalue weighted by atomic mass is 10.2. The van der Waals surface area contributed by atoms with Crippen LogP contribution in [0.25, 0.3) is 11.1 Å². The second-order valence-corrected chi connectivity index (χ2v) is 7.09. The number of benzene rings is 2. The van der Waals surface area contributed by atoms with E-state index >= 15 is 0 Å². The van der Waals surface area contributed by atoms with Crippen LogP contribution >= 0.6 is 34.5 Å². The molecule has 3 aromatic rings. The summed E-state index contributed by atoms with van der Waals surface area (Å²) in [5.41, 5.74) is 1.60. The van der Waals surface area contributed by atoms with Crippen molar-refractivity contribution in [3.8, 4) is 0 Å². The molecule has 0 aliphatic rings. The first-order valence-corrected chi connectivity index (χ1v) is 9.08. The van der Waals surface area contributed by atoms with Crippen LogP contribution in [0.5, 0.6) is 0 Å². The van der Waals surface area contributed by atoms with E-state index in [1.165, 1.54) is 12.1 Å². The summed E-state index contributed by atoms with van der Waals surface area (Å²) in [5, 5.41) is 12.1. The molecule has 0 atom stereocenters. The number of carbonyl (C=O) groups is 1. The quantitative estimate of drug-likeness (QED) is 0.647. The fraction of sp³-hybridized carbons (Fsp3) is 0.0556. The maximum atomic E-state index is 12.9. The lowest BCUT2D eigenvalue weighted by Gasteiger charge is -2.02. The van der Waals surface area contributed by atoms with Crippen LogP contribution in [-0.4, -0.2) is 16.1 Å². The molecule has 4 nitrogen and oxygen atoms in total. The van der Waals surface area contributed by atoms with Crippen LogP contribution < -0.4 is 5.32 Å². The Bertz CT molecular complexity index is 957. The summed E-state index contributed by atoms with van der Waals surface area (Å²) in [6.45, 7) is 0.264. The van der Waals surface area contributed by atoms with Crippen LogP contribution in [0.3, 0.4) is 0 Å². The molecular weight excluding hydrogens is 396 g/mol. The van der Waals surface area contributed by atoms with Gasteiger partial charge in [0.15, 0.2) is 5.01 Å². The number of nitrogens with one attached hydrogen (secondary N) is 1. The topological polar surface area (TPSA) is 54.9 Å². The summed E-state index contributed by atoms with van der Waals surface area (Å²) in [7, 11) is 0. The third-order valence-electron chi connectivity index (χ3n) is 3.33. The molecule has 26 heavy (non-hydrogen) atoms.